The summed E-state index contributed by atoms with van der Waals surface area (Å²) in [6, 6.07) is 0. The molecule has 1 atom stereocenters. The Morgan fingerprint density at radius 1 is 1.00 bits per heavy atom. The van der Waals surface area contributed by atoms with Crippen molar-refractivity contribution in [3.63, 3.8) is 0 Å². The topological polar surface area (TPSA) is 26.3 Å². The highest BCUT2D eigenvalue weighted by Gasteiger charge is 2.03. The molecule has 0 heterocycles. The van der Waals surface area contributed by atoms with Crippen LogP contribution in [-0.2, 0) is 9.53 Å². The monoisotopic (exact) mass is 342 g/mol. The van der Waals surface area contributed by atoms with Crippen LogP contribution in [0.15, 0.2) is 34.9 Å². The minimum Gasteiger partial charge on any atom is -0.447 e. The van der Waals surface area contributed by atoms with Crippen LogP contribution in [0.1, 0.15) is 60.3 Å². The van der Waals surface area contributed by atoms with E-state index in [-0.39, 0.29) is 11.0 Å². The van der Waals surface area contributed by atoms with Gasteiger partial charge in [-0.15, -0.1) is 0 Å². The zero-order valence-corrected chi connectivity index (χ0v) is 14.9. The standard InChI is InChI=1S/C17H27BrO2/c1-13(2)8-6-9-14(3)10-7-11-15(4)12-17(18)20-16(5)19/h8,10,12,17H,6-7,9,11H2,1-5H3. The Labute approximate surface area is 132 Å². The van der Waals surface area contributed by atoms with Gasteiger partial charge in [-0.25, -0.2) is 0 Å². The van der Waals surface area contributed by atoms with Crippen molar-refractivity contribution in [2.75, 3.05) is 0 Å². The van der Waals surface area contributed by atoms with E-state index in [0.29, 0.717) is 0 Å². The van der Waals surface area contributed by atoms with E-state index in [1.54, 1.807) is 0 Å². The van der Waals surface area contributed by atoms with Gasteiger partial charge in [-0.3, -0.25) is 4.79 Å². The van der Waals surface area contributed by atoms with Crippen molar-refractivity contribution in [2.45, 2.75) is 65.3 Å². The van der Waals surface area contributed by atoms with E-state index in [9.17, 15) is 4.79 Å². The molecule has 0 saturated heterocycles. The van der Waals surface area contributed by atoms with Crippen molar-refractivity contribution in [2.24, 2.45) is 0 Å². The summed E-state index contributed by atoms with van der Waals surface area (Å²) in [5.74, 6) is -0.272. The lowest BCUT2D eigenvalue weighted by Gasteiger charge is -2.07. The Morgan fingerprint density at radius 2 is 1.55 bits per heavy atom. The summed E-state index contributed by atoms with van der Waals surface area (Å²) in [4.78, 5) is 10.8. The van der Waals surface area contributed by atoms with Crippen LogP contribution in [0.3, 0.4) is 0 Å². The molecule has 0 N–H and O–H groups in total. The van der Waals surface area contributed by atoms with Gasteiger partial charge in [0.15, 0.2) is 5.01 Å². The first-order chi connectivity index (χ1) is 9.31. The molecule has 0 fully saturated rings. The van der Waals surface area contributed by atoms with E-state index in [1.807, 2.05) is 6.08 Å². The van der Waals surface area contributed by atoms with Crippen molar-refractivity contribution in [3.05, 3.63) is 34.9 Å². The maximum atomic E-state index is 10.8. The Balaban J connectivity index is 4.05. The summed E-state index contributed by atoms with van der Waals surface area (Å²) in [5, 5.41) is -0.317. The molecule has 0 aromatic rings. The molecule has 0 aliphatic heterocycles. The number of hydrogen-bond donors (Lipinski definition) is 0. The zero-order chi connectivity index (χ0) is 15.5. The Morgan fingerprint density at radius 3 is 2.10 bits per heavy atom. The van der Waals surface area contributed by atoms with Crippen LogP contribution in [-0.4, -0.2) is 11.0 Å². The third kappa shape index (κ3) is 12.2. The van der Waals surface area contributed by atoms with Gasteiger partial charge in [0.25, 0.3) is 0 Å². The second-order valence-electron chi connectivity index (χ2n) is 5.38. The van der Waals surface area contributed by atoms with Gasteiger partial charge in [-0.05, 0) is 75.4 Å². The lowest BCUT2D eigenvalue weighted by atomic mass is 10.1. The number of rotatable bonds is 8. The highest BCUT2D eigenvalue weighted by molar-refractivity contribution is 9.09. The number of ether oxygens (including phenoxy) is 1. The predicted molar refractivity (Wildman–Crippen MR) is 89.9 cm³/mol. The molecule has 0 spiro atoms. The van der Waals surface area contributed by atoms with E-state index in [0.717, 1.165) is 25.7 Å². The second-order valence-corrected chi connectivity index (χ2v) is 6.29. The third-order valence-electron chi connectivity index (χ3n) is 2.82. The molecule has 0 aliphatic carbocycles. The predicted octanol–water partition coefficient (Wildman–Crippen LogP) is 5.69. The Hall–Kier alpha value is -0.830. The van der Waals surface area contributed by atoms with Gasteiger partial charge in [0.2, 0.25) is 0 Å². The van der Waals surface area contributed by atoms with Crippen molar-refractivity contribution < 1.29 is 9.53 Å². The van der Waals surface area contributed by atoms with Crippen LogP contribution in [0.4, 0.5) is 0 Å². The van der Waals surface area contributed by atoms with Crippen molar-refractivity contribution >= 4 is 21.9 Å². The Kier molecular flexibility index (Phi) is 10.4. The maximum absolute atomic E-state index is 10.8. The second kappa shape index (κ2) is 10.9. The van der Waals surface area contributed by atoms with Gasteiger partial charge in [-0.2, -0.15) is 0 Å². The first-order valence-electron chi connectivity index (χ1n) is 7.09. The number of carbonyl (C=O) groups excluding carboxylic acids is 1. The summed E-state index contributed by atoms with van der Waals surface area (Å²) >= 11 is 3.31. The van der Waals surface area contributed by atoms with Crippen molar-refractivity contribution in [1.82, 2.24) is 0 Å². The first kappa shape index (κ1) is 19.2. The van der Waals surface area contributed by atoms with Gasteiger partial charge in [0, 0.05) is 6.92 Å². The fraction of sp³-hybridized carbons (Fsp3) is 0.588. The minimum atomic E-state index is -0.317. The third-order valence-corrected chi connectivity index (χ3v) is 3.27. The lowest BCUT2D eigenvalue weighted by Crippen LogP contribution is -2.06. The molecule has 1 unspecified atom stereocenters. The van der Waals surface area contributed by atoms with E-state index >= 15 is 0 Å². The van der Waals surface area contributed by atoms with Gasteiger partial charge >= 0.3 is 5.97 Å². The molecule has 3 heteroatoms. The number of alkyl halides is 1. The maximum Gasteiger partial charge on any atom is 0.304 e. The van der Waals surface area contributed by atoms with Crippen LogP contribution >= 0.6 is 15.9 Å². The van der Waals surface area contributed by atoms with Crippen LogP contribution in [0.5, 0.6) is 0 Å². The Bertz CT molecular complexity index is 388. The number of halogens is 1. The molecular weight excluding hydrogens is 316 g/mol. The molecule has 20 heavy (non-hydrogen) atoms. The fourth-order valence-electron chi connectivity index (χ4n) is 1.74. The van der Waals surface area contributed by atoms with E-state index in [2.05, 4.69) is 55.8 Å². The molecule has 2 nitrogen and oxygen atoms in total. The van der Waals surface area contributed by atoms with E-state index < -0.39 is 0 Å². The highest BCUT2D eigenvalue weighted by atomic mass is 79.9. The summed E-state index contributed by atoms with van der Waals surface area (Å²) in [6.45, 7) is 9.92. The molecule has 114 valence electrons. The normalized spacial score (nSPS) is 13.9. The first-order valence-corrected chi connectivity index (χ1v) is 8.00. The summed E-state index contributed by atoms with van der Waals surface area (Å²) in [6.07, 6.45) is 10.8. The van der Waals surface area contributed by atoms with Crippen molar-refractivity contribution in [1.29, 1.82) is 0 Å². The smallest absolute Gasteiger partial charge is 0.304 e. The zero-order valence-electron chi connectivity index (χ0n) is 13.3. The molecule has 0 aromatic carbocycles. The van der Waals surface area contributed by atoms with E-state index in [1.165, 1.54) is 23.6 Å². The summed E-state index contributed by atoms with van der Waals surface area (Å²) < 4.78 is 5.00. The van der Waals surface area contributed by atoms with Crippen LogP contribution in [0, 0.1) is 0 Å². The molecule has 0 aliphatic rings. The minimum absolute atomic E-state index is 0.272. The number of allylic oxidation sites excluding steroid dienone is 5. The van der Waals surface area contributed by atoms with Crippen LogP contribution < -0.4 is 0 Å². The number of carbonyl (C=O) groups is 1. The molecule has 0 amide bonds. The number of esters is 1. The van der Waals surface area contributed by atoms with Gasteiger partial charge in [0.05, 0.1) is 0 Å². The SMILES string of the molecule is CC(=O)OC(Br)C=C(C)CCC=C(C)CCC=C(C)C. The average Bonchev–Trinajstić information content (AvgIpc) is 2.26. The summed E-state index contributed by atoms with van der Waals surface area (Å²) in [7, 11) is 0. The van der Waals surface area contributed by atoms with E-state index in [4.69, 9.17) is 4.74 Å². The van der Waals surface area contributed by atoms with Gasteiger partial charge in [-0.1, -0.05) is 28.9 Å². The highest BCUT2D eigenvalue weighted by Crippen LogP contribution is 2.14. The molecular formula is C17H27BrO2. The van der Waals surface area contributed by atoms with Gasteiger partial charge < -0.3 is 4.74 Å². The molecule has 0 rings (SSSR count). The van der Waals surface area contributed by atoms with Crippen molar-refractivity contribution in [3.8, 4) is 0 Å². The fourth-order valence-corrected chi connectivity index (χ4v) is 2.45. The molecule has 0 aromatic heterocycles. The van der Waals surface area contributed by atoms with Crippen LogP contribution in [0.25, 0.3) is 0 Å². The van der Waals surface area contributed by atoms with Crippen LogP contribution in [0.2, 0.25) is 0 Å². The largest absolute Gasteiger partial charge is 0.447 e. The average molecular weight is 343 g/mol. The molecule has 0 saturated carbocycles. The summed E-state index contributed by atoms with van der Waals surface area (Å²) in [5.41, 5.74) is 4.04. The lowest BCUT2D eigenvalue weighted by molar-refractivity contribution is -0.140. The number of hydrogen-bond acceptors (Lipinski definition) is 2. The molecule has 0 radical (unpaired) electrons. The molecule has 0 bridgehead atoms. The van der Waals surface area contributed by atoms with Gasteiger partial charge in [0.1, 0.15) is 0 Å². The quantitative estimate of drug-likeness (QED) is 0.321.